The van der Waals surface area contributed by atoms with Gasteiger partial charge in [-0.1, -0.05) is 256 Å². The molecule has 15 rings (SSSR count). The summed E-state index contributed by atoms with van der Waals surface area (Å²) < 4.78 is 2.72. The third-order valence-electron chi connectivity index (χ3n) is 21.3. The number of thiophene rings is 1. The summed E-state index contributed by atoms with van der Waals surface area (Å²) in [5.74, 6) is 0. The van der Waals surface area contributed by atoms with Crippen molar-refractivity contribution in [2.75, 3.05) is 14.7 Å². The third-order valence-corrected chi connectivity index (χ3v) is 22.5. The fourth-order valence-electron chi connectivity index (χ4n) is 15.5. The Bertz CT molecular complexity index is 4970. The first-order valence-corrected chi connectivity index (χ1v) is 35.4. The van der Waals surface area contributed by atoms with Crippen LogP contribution in [0.25, 0.3) is 54.2 Å². The van der Waals surface area contributed by atoms with Crippen LogP contribution in [0.15, 0.2) is 231 Å². The fraction of sp³-hybridized carbons (Fsp3) is 0.267. The van der Waals surface area contributed by atoms with Gasteiger partial charge in [0, 0.05) is 60.1 Å². The molecule has 1 aliphatic carbocycles. The van der Waals surface area contributed by atoms with Gasteiger partial charge in [0.05, 0.1) is 17.1 Å². The number of nitrogens with zero attached hydrogens (tertiary/aromatic N) is 3. The third kappa shape index (κ3) is 10.8. The van der Waals surface area contributed by atoms with Crippen LogP contribution in [-0.2, 0) is 32.5 Å². The Labute approximate surface area is 570 Å². The summed E-state index contributed by atoms with van der Waals surface area (Å²) >= 11 is 2.03. The van der Waals surface area contributed by atoms with Crippen LogP contribution in [0, 0.1) is 0 Å². The van der Waals surface area contributed by atoms with Gasteiger partial charge in [-0.15, -0.1) is 11.3 Å². The number of rotatable bonds is 8. The molecule has 0 atom stereocenters. The zero-order chi connectivity index (χ0) is 66.5. The number of fused-ring (bicyclic) bond motifs is 8. The van der Waals surface area contributed by atoms with Crippen LogP contribution in [0.1, 0.15) is 157 Å². The summed E-state index contributed by atoms with van der Waals surface area (Å²) in [6, 6.07) is 89.7. The van der Waals surface area contributed by atoms with Crippen molar-refractivity contribution in [3.63, 3.8) is 0 Å². The van der Waals surface area contributed by atoms with Crippen molar-refractivity contribution in [2.45, 2.75) is 156 Å². The van der Waals surface area contributed by atoms with Gasteiger partial charge in [0.2, 0.25) is 0 Å². The Morgan fingerprint density at radius 2 is 0.874 bits per heavy atom. The van der Waals surface area contributed by atoms with Crippen molar-refractivity contribution in [2.24, 2.45) is 0 Å². The molecule has 0 fully saturated rings. The second-order valence-electron chi connectivity index (χ2n) is 32.9. The molecule has 12 aromatic rings. The van der Waals surface area contributed by atoms with E-state index in [2.05, 4.69) is 356 Å². The summed E-state index contributed by atoms with van der Waals surface area (Å²) in [5, 5.41) is 3.79. The standard InChI is InChI=1S/C90H90BN3S/c1-85(2,3)63-33-40-67(41-34-63)92(76-46-39-66(88(10,11)12)52-70(76)58-26-19-17-20-27-58)77-56-78-75(54-71(77)59-28-21-18-22-29-59)91-82-79(93(78)68-42-35-64(36-43-68)86(4,5)6)50-62(61-32-31-57-25-23-24-30-60(57)49-61)51-80(82)94(69-44-37-65(38-45-69)87(7,8)9)83-72-53-73-74(55-81(72)95-84(83)91)90(15,16)48-47-89(73,13)14/h17-46,49-56H,47-48H2,1-16H3. The van der Waals surface area contributed by atoms with Gasteiger partial charge in [-0.2, -0.15) is 0 Å². The summed E-state index contributed by atoms with van der Waals surface area (Å²) in [4.78, 5) is 7.95. The first-order valence-electron chi connectivity index (χ1n) is 34.5. The highest BCUT2D eigenvalue weighted by Gasteiger charge is 2.48. The molecule has 3 nitrogen and oxygen atoms in total. The molecular weight excluding hydrogens is 1170 g/mol. The SMILES string of the molecule is CC(C)(C)c1ccc(N(c2ccc(C(C)(C)C)cc2-c2ccccc2)c2cc3c(cc2-c2ccccc2)B2c4sc5cc6c(cc5c4N(c4ccc(C(C)(C)C)cc4)c4cc(-c5ccc7ccccc7c5)cc(c42)N3c2ccc(C(C)(C)C)cc2)C(C)(C)CCC6(C)C)cc1. The van der Waals surface area contributed by atoms with E-state index in [0.717, 1.165) is 41.2 Å². The van der Waals surface area contributed by atoms with E-state index in [-0.39, 0.29) is 39.2 Å². The largest absolute Gasteiger partial charge is 0.311 e. The predicted octanol–water partition coefficient (Wildman–Crippen LogP) is 24.1. The summed E-state index contributed by atoms with van der Waals surface area (Å²) in [6.45, 7) is 37.7. The Morgan fingerprint density at radius 1 is 0.389 bits per heavy atom. The maximum absolute atomic E-state index is 2.70. The Balaban J connectivity index is 1.11. The van der Waals surface area contributed by atoms with Crippen LogP contribution in [0.2, 0.25) is 0 Å². The maximum atomic E-state index is 2.70. The molecule has 0 bridgehead atoms. The van der Waals surface area contributed by atoms with Crippen molar-refractivity contribution < 1.29 is 0 Å². The number of hydrogen-bond acceptors (Lipinski definition) is 4. The normalized spacial score (nSPS) is 15.0. The lowest BCUT2D eigenvalue weighted by Gasteiger charge is -2.44. The van der Waals surface area contributed by atoms with E-state index in [9.17, 15) is 0 Å². The molecule has 474 valence electrons. The van der Waals surface area contributed by atoms with Gasteiger partial charge in [0.25, 0.3) is 6.71 Å². The van der Waals surface area contributed by atoms with Crippen LogP contribution in [0.5, 0.6) is 0 Å². The minimum absolute atomic E-state index is 0.00386. The highest BCUT2D eigenvalue weighted by atomic mass is 32.1. The Hall–Kier alpha value is -8.90. The van der Waals surface area contributed by atoms with Crippen molar-refractivity contribution >= 4 is 106 Å². The second-order valence-corrected chi connectivity index (χ2v) is 34.0. The van der Waals surface area contributed by atoms with E-state index >= 15 is 0 Å². The fourth-order valence-corrected chi connectivity index (χ4v) is 16.8. The van der Waals surface area contributed by atoms with Crippen molar-refractivity contribution in [1.29, 1.82) is 0 Å². The molecule has 11 aromatic carbocycles. The van der Waals surface area contributed by atoms with Crippen LogP contribution in [0.4, 0.5) is 51.2 Å². The Kier molecular flexibility index (Phi) is 14.6. The molecule has 0 spiro atoms. The second kappa shape index (κ2) is 22.4. The molecule has 95 heavy (non-hydrogen) atoms. The number of benzene rings is 11. The van der Waals surface area contributed by atoms with Crippen molar-refractivity contribution in [3.05, 3.63) is 264 Å². The van der Waals surface area contributed by atoms with Gasteiger partial charge in [-0.25, -0.2) is 0 Å². The first-order chi connectivity index (χ1) is 45.1. The molecule has 0 amide bonds. The number of anilines is 9. The lowest BCUT2D eigenvalue weighted by molar-refractivity contribution is 0.332. The van der Waals surface area contributed by atoms with Crippen LogP contribution in [0.3, 0.4) is 0 Å². The summed E-state index contributed by atoms with van der Waals surface area (Å²) in [7, 11) is 0. The zero-order valence-electron chi connectivity index (χ0n) is 58.7. The van der Waals surface area contributed by atoms with Crippen LogP contribution >= 0.6 is 11.3 Å². The highest BCUT2D eigenvalue weighted by molar-refractivity contribution is 7.33. The minimum Gasteiger partial charge on any atom is -0.311 e. The first kappa shape index (κ1) is 62.2. The van der Waals surface area contributed by atoms with Gasteiger partial charge < -0.3 is 14.7 Å². The summed E-state index contributed by atoms with van der Waals surface area (Å²) in [5.41, 5.74) is 28.1. The van der Waals surface area contributed by atoms with Crippen LogP contribution < -0.4 is 30.4 Å². The van der Waals surface area contributed by atoms with Gasteiger partial charge in [-0.05, 0) is 208 Å². The van der Waals surface area contributed by atoms with Crippen molar-refractivity contribution in [3.8, 4) is 33.4 Å². The van der Waals surface area contributed by atoms with Gasteiger partial charge in [0.1, 0.15) is 0 Å². The average molecular weight is 1260 g/mol. The van der Waals surface area contributed by atoms with E-state index in [1.165, 1.54) is 126 Å². The molecule has 1 aromatic heterocycles. The quantitative estimate of drug-likeness (QED) is 0.140. The lowest BCUT2D eigenvalue weighted by Crippen LogP contribution is -2.60. The average Bonchev–Trinajstić information content (AvgIpc) is 1.67. The summed E-state index contributed by atoms with van der Waals surface area (Å²) in [6.07, 6.45) is 2.29. The molecular formula is C90H90BN3S. The smallest absolute Gasteiger partial charge is 0.264 e. The minimum atomic E-state index is -0.150. The topological polar surface area (TPSA) is 9.72 Å². The maximum Gasteiger partial charge on any atom is 0.264 e. The molecule has 0 radical (unpaired) electrons. The molecule has 2 aliphatic heterocycles. The van der Waals surface area contributed by atoms with Crippen molar-refractivity contribution in [1.82, 2.24) is 0 Å². The van der Waals surface area contributed by atoms with Gasteiger partial charge in [0.15, 0.2) is 0 Å². The van der Waals surface area contributed by atoms with Gasteiger partial charge in [-0.3, -0.25) is 0 Å². The molecule has 3 heterocycles. The van der Waals surface area contributed by atoms with Crippen LogP contribution in [-0.4, -0.2) is 6.71 Å². The molecule has 0 N–H and O–H groups in total. The van der Waals surface area contributed by atoms with Gasteiger partial charge >= 0.3 is 0 Å². The van der Waals surface area contributed by atoms with E-state index in [1.807, 2.05) is 11.3 Å². The molecule has 3 aliphatic rings. The monoisotopic (exact) mass is 1260 g/mol. The predicted molar refractivity (Wildman–Crippen MR) is 414 cm³/mol. The van der Waals surface area contributed by atoms with E-state index in [0.29, 0.717) is 0 Å². The molecule has 0 saturated carbocycles. The Morgan fingerprint density at radius 3 is 1.43 bits per heavy atom. The molecule has 0 unspecified atom stereocenters. The zero-order valence-corrected chi connectivity index (χ0v) is 59.5. The number of hydrogen-bond donors (Lipinski definition) is 0. The molecule has 5 heteroatoms. The molecule has 0 saturated heterocycles. The van der Waals surface area contributed by atoms with E-state index < -0.39 is 0 Å². The highest BCUT2D eigenvalue weighted by Crippen LogP contribution is 2.56. The van der Waals surface area contributed by atoms with E-state index in [4.69, 9.17) is 0 Å². The lowest BCUT2D eigenvalue weighted by atomic mass is 9.36. The van der Waals surface area contributed by atoms with E-state index in [1.54, 1.807) is 0 Å².